The van der Waals surface area contributed by atoms with Gasteiger partial charge < -0.3 is 0 Å². The molecule has 0 bridgehead atoms. The molecule has 3 aromatic rings. The molecule has 2 aromatic carbocycles. The van der Waals surface area contributed by atoms with Crippen LogP contribution in [0.25, 0.3) is 10.9 Å². The highest BCUT2D eigenvalue weighted by molar-refractivity contribution is 6.01. The summed E-state index contributed by atoms with van der Waals surface area (Å²) < 4.78 is 15.9. The van der Waals surface area contributed by atoms with Gasteiger partial charge in [-0.15, -0.1) is 0 Å². The Balaban J connectivity index is 1.87. The first kappa shape index (κ1) is 19.1. The lowest BCUT2D eigenvalue weighted by atomic mass is 9.95. The molecule has 0 saturated carbocycles. The fourth-order valence-electron chi connectivity index (χ4n) is 4.07. The van der Waals surface area contributed by atoms with E-state index in [9.17, 15) is 18.8 Å². The summed E-state index contributed by atoms with van der Waals surface area (Å²) in [6, 6.07) is 11.7. The number of nitrogens with zero attached hydrogens (tertiary/aromatic N) is 3. The van der Waals surface area contributed by atoms with Crippen molar-refractivity contribution in [3.63, 3.8) is 0 Å². The number of benzene rings is 2. The van der Waals surface area contributed by atoms with Gasteiger partial charge in [0.1, 0.15) is 11.9 Å². The van der Waals surface area contributed by atoms with Crippen molar-refractivity contribution >= 4 is 16.7 Å². The molecule has 0 amide bonds. The molecule has 1 aliphatic heterocycles. The van der Waals surface area contributed by atoms with Crippen molar-refractivity contribution in [1.82, 2.24) is 9.24 Å². The number of halogens is 1. The van der Waals surface area contributed by atoms with Crippen LogP contribution in [-0.4, -0.2) is 27.6 Å². The molecule has 1 saturated heterocycles. The normalized spacial score (nSPS) is 16.9. The van der Waals surface area contributed by atoms with Crippen molar-refractivity contribution < 1.29 is 9.18 Å². The molecular weight excluding hydrogens is 373 g/mol. The summed E-state index contributed by atoms with van der Waals surface area (Å²) in [6.45, 7) is 2.68. The predicted octanol–water partition coefficient (Wildman–Crippen LogP) is 2.70. The van der Waals surface area contributed by atoms with E-state index in [0.717, 1.165) is 17.5 Å². The van der Waals surface area contributed by atoms with E-state index < -0.39 is 23.1 Å². The van der Waals surface area contributed by atoms with Crippen LogP contribution in [0, 0.1) is 5.82 Å². The van der Waals surface area contributed by atoms with E-state index in [-0.39, 0.29) is 5.78 Å². The quantitative estimate of drug-likeness (QED) is 0.637. The van der Waals surface area contributed by atoms with E-state index in [2.05, 4.69) is 0 Å². The van der Waals surface area contributed by atoms with Gasteiger partial charge in [0.05, 0.1) is 10.9 Å². The molecule has 1 fully saturated rings. The second-order valence-electron chi connectivity index (χ2n) is 7.21. The maximum atomic E-state index is 13.3. The second-order valence-corrected chi connectivity index (χ2v) is 7.21. The lowest BCUT2D eigenvalue weighted by molar-refractivity contribution is 0.0928. The molecule has 4 rings (SSSR count). The molecule has 7 heteroatoms. The molecule has 0 N–H and O–H groups in total. The monoisotopic (exact) mass is 395 g/mol. The van der Waals surface area contributed by atoms with Gasteiger partial charge in [-0.1, -0.05) is 12.1 Å². The van der Waals surface area contributed by atoms with Crippen molar-refractivity contribution in [3.05, 3.63) is 80.7 Å². The smallest absolute Gasteiger partial charge is 0.295 e. The molecule has 0 spiro atoms. The third kappa shape index (κ3) is 3.26. The molecule has 150 valence electrons. The SMILES string of the molecule is CCn1c(=O)n(N2CCCCC2C(=O)c2ccc(F)cc2)c(=O)c2ccccc21. The van der Waals surface area contributed by atoms with E-state index in [0.29, 0.717) is 36.0 Å². The molecule has 1 aromatic heterocycles. The van der Waals surface area contributed by atoms with Crippen LogP contribution in [0.15, 0.2) is 58.1 Å². The van der Waals surface area contributed by atoms with Gasteiger partial charge in [-0.05, 0) is 62.6 Å². The minimum atomic E-state index is -0.647. The van der Waals surface area contributed by atoms with Gasteiger partial charge in [-0.2, -0.15) is 4.68 Å². The van der Waals surface area contributed by atoms with E-state index in [1.165, 1.54) is 24.3 Å². The Kier molecular flexibility index (Phi) is 5.05. The molecule has 0 radical (unpaired) electrons. The third-order valence-corrected chi connectivity index (χ3v) is 5.51. The number of piperidine rings is 1. The first-order chi connectivity index (χ1) is 14.0. The van der Waals surface area contributed by atoms with Gasteiger partial charge in [0.25, 0.3) is 5.56 Å². The number of carbonyl (C=O) groups excluding carboxylic acids is 1. The first-order valence-electron chi connectivity index (χ1n) is 9.84. The van der Waals surface area contributed by atoms with Crippen LogP contribution >= 0.6 is 0 Å². The van der Waals surface area contributed by atoms with Gasteiger partial charge in [0, 0.05) is 18.7 Å². The van der Waals surface area contributed by atoms with Crippen molar-refractivity contribution in [3.8, 4) is 0 Å². The number of carbonyl (C=O) groups is 1. The Morgan fingerprint density at radius 3 is 2.52 bits per heavy atom. The van der Waals surface area contributed by atoms with Crippen molar-refractivity contribution in [2.45, 2.75) is 38.8 Å². The number of Topliss-reactive ketones (excluding diaryl/α,β-unsaturated/α-hetero) is 1. The summed E-state index contributed by atoms with van der Waals surface area (Å²) in [4.78, 5) is 39.6. The maximum Gasteiger partial charge on any atom is 0.350 e. The fourth-order valence-corrected chi connectivity index (χ4v) is 4.07. The van der Waals surface area contributed by atoms with E-state index in [1.54, 1.807) is 33.8 Å². The van der Waals surface area contributed by atoms with Crippen LogP contribution < -0.4 is 16.3 Å². The highest BCUT2D eigenvalue weighted by atomic mass is 19.1. The Morgan fingerprint density at radius 2 is 1.79 bits per heavy atom. The lowest BCUT2D eigenvalue weighted by Crippen LogP contribution is -2.60. The molecule has 2 heterocycles. The van der Waals surface area contributed by atoms with E-state index in [1.807, 2.05) is 6.92 Å². The van der Waals surface area contributed by atoms with Gasteiger partial charge in [-0.3, -0.25) is 19.2 Å². The highest BCUT2D eigenvalue weighted by Gasteiger charge is 2.32. The van der Waals surface area contributed by atoms with Gasteiger partial charge in [0.2, 0.25) is 0 Å². The van der Waals surface area contributed by atoms with Crippen LogP contribution in [-0.2, 0) is 6.54 Å². The van der Waals surface area contributed by atoms with E-state index in [4.69, 9.17) is 0 Å². The Morgan fingerprint density at radius 1 is 1.07 bits per heavy atom. The van der Waals surface area contributed by atoms with Crippen molar-refractivity contribution in [2.24, 2.45) is 0 Å². The van der Waals surface area contributed by atoms with Crippen LogP contribution in [0.2, 0.25) is 0 Å². The van der Waals surface area contributed by atoms with Gasteiger partial charge in [0.15, 0.2) is 5.78 Å². The number of hydrogen-bond acceptors (Lipinski definition) is 4. The molecule has 6 nitrogen and oxygen atoms in total. The van der Waals surface area contributed by atoms with Gasteiger partial charge >= 0.3 is 5.69 Å². The van der Waals surface area contributed by atoms with Crippen molar-refractivity contribution in [2.75, 3.05) is 11.6 Å². The van der Waals surface area contributed by atoms with Gasteiger partial charge in [-0.25, -0.2) is 9.18 Å². The number of aryl methyl sites for hydroxylation is 1. The largest absolute Gasteiger partial charge is 0.350 e. The summed E-state index contributed by atoms with van der Waals surface area (Å²) in [5, 5.41) is 2.03. The van der Waals surface area contributed by atoms with Crippen molar-refractivity contribution in [1.29, 1.82) is 0 Å². The number of aromatic nitrogens is 2. The molecule has 1 unspecified atom stereocenters. The topological polar surface area (TPSA) is 64.3 Å². The third-order valence-electron chi connectivity index (χ3n) is 5.51. The zero-order valence-corrected chi connectivity index (χ0v) is 16.2. The fraction of sp³-hybridized carbons (Fsp3) is 0.318. The Labute approximate surface area is 166 Å². The summed E-state index contributed by atoms with van der Waals surface area (Å²) in [6.07, 6.45) is 2.12. The summed E-state index contributed by atoms with van der Waals surface area (Å²) in [5.41, 5.74) is 0.0803. The summed E-state index contributed by atoms with van der Waals surface area (Å²) in [5.74, 6) is -0.633. The number of ketones is 1. The summed E-state index contributed by atoms with van der Waals surface area (Å²) >= 11 is 0. The molecular formula is C22H22FN3O3. The summed E-state index contributed by atoms with van der Waals surface area (Å²) in [7, 11) is 0. The second kappa shape index (κ2) is 7.66. The number of hydrogen-bond donors (Lipinski definition) is 0. The molecule has 1 aliphatic rings. The number of fused-ring (bicyclic) bond motifs is 1. The number of para-hydroxylation sites is 1. The predicted molar refractivity (Wildman–Crippen MR) is 110 cm³/mol. The molecule has 1 atom stereocenters. The van der Waals surface area contributed by atoms with E-state index >= 15 is 0 Å². The van der Waals surface area contributed by atoms with Crippen LogP contribution in [0.1, 0.15) is 36.5 Å². The maximum absolute atomic E-state index is 13.3. The zero-order chi connectivity index (χ0) is 20.5. The van der Waals surface area contributed by atoms with Crippen LogP contribution in [0.5, 0.6) is 0 Å². The Hall–Kier alpha value is -3.22. The minimum Gasteiger partial charge on any atom is -0.295 e. The minimum absolute atomic E-state index is 0.216. The highest BCUT2D eigenvalue weighted by Crippen LogP contribution is 2.20. The first-order valence-corrected chi connectivity index (χ1v) is 9.84. The van der Waals surface area contributed by atoms with Crippen LogP contribution in [0.3, 0.4) is 0 Å². The lowest BCUT2D eigenvalue weighted by Gasteiger charge is -2.36. The average molecular weight is 395 g/mol. The zero-order valence-electron chi connectivity index (χ0n) is 16.2. The standard InChI is InChI=1S/C22H22FN3O3/c1-2-24-18-8-4-3-7-17(18)21(28)26(22(24)29)25-14-6-5-9-19(25)20(27)15-10-12-16(23)13-11-15/h3-4,7-8,10-13,19H,2,5-6,9,14H2,1H3. The molecule has 0 aliphatic carbocycles. The number of rotatable bonds is 4. The average Bonchev–Trinajstić information content (AvgIpc) is 2.75. The Bertz CT molecular complexity index is 1180. The molecule has 29 heavy (non-hydrogen) atoms. The van der Waals surface area contributed by atoms with Crippen LogP contribution in [0.4, 0.5) is 4.39 Å².